The van der Waals surface area contributed by atoms with Crippen molar-refractivity contribution >= 4 is 33.2 Å². The normalized spacial score (nSPS) is 10.4. The summed E-state index contributed by atoms with van der Waals surface area (Å²) in [6.07, 6.45) is 0. The molecule has 0 aliphatic heterocycles. The molecule has 2 rings (SSSR count). The Balaban J connectivity index is 2.33. The highest BCUT2D eigenvalue weighted by Gasteiger charge is 2.14. The molecule has 0 aliphatic rings. The van der Waals surface area contributed by atoms with Crippen molar-refractivity contribution < 1.29 is 13.6 Å². The maximum Gasteiger partial charge on any atom is 0.256 e. The zero-order chi connectivity index (χ0) is 14.9. The van der Waals surface area contributed by atoms with Crippen LogP contribution in [0, 0.1) is 18.6 Å². The Bertz CT molecular complexity index is 689. The van der Waals surface area contributed by atoms with Crippen molar-refractivity contribution in [2.45, 2.75) is 6.92 Å². The van der Waals surface area contributed by atoms with Crippen molar-refractivity contribution in [2.24, 2.45) is 0 Å². The summed E-state index contributed by atoms with van der Waals surface area (Å²) in [6.45, 7) is 1.74. The van der Waals surface area contributed by atoms with Gasteiger partial charge in [-0.1, -0.05) is 6.07 Å². The fourth-order valence-electron chi connectivity index (χ4n) is 1.66. The Morgan fingerprint density at radius 2 is 1.95 bits per heavy atom. The van der Waals surface area contributed by atoms with Crippen LogP contribution in [-0.4, -0.2) is 5.91 Å². The van der Waals surface area contributed by atoms with Crippen LogP contribution in [0.1, 0.15) is 15.9 Å². The first-order valence-electron chi connectivity index (χ1n) is 5.70. The molecular weight excluding hydrogens is 330 g/mol. The van der Waals surface area contributed by atoms with E-state index in [0.29, 0.717) is 11.3 Å². The van der Waals surface area contributed by atoms with Crippen LogP contribution in [-0.2, 0) is 0 Å². The first-order chi connectivity index (χ1) is 9.38. The van der Waals surface area contributed by atoms with Crippen LogP contribution in [0.25, 0.3) is 0 Å². The molecule has 3 nitrogen and oxygen atoms in total. The van der Waals surface area contributed by atoms with Crippen LogP contribution in [0.15, 0.2) is 34.8 Å². The van der Waals surface area contributed by atoms with E-state index in [4.69, 9.17) is 5.73 Å². The Hall–Kier alpha value is -1.95. The summed E-state index contributed by atoms with van der Waals surface area (Å²) in [5.41, 5.74) is 6.55. The number of nitrogens with two attached hydrogens (primary N) is 1. The van der Waals surface area contributed by atoms with Gasteiger partial charge in [-0.05, 0) is 52.7 Å². The fraction of sp³-hybridized carbons (Fsp3) is 0.0714. The first-order valence-corrected chi connectivity index (χ1v) is 6.50. The summed E-state index contributed by atoms with van der Waals surface area (Å²) < 4.78 is 26.7. The number of hydrogen-bond donors (Lipinski definition) is 2. The third-order valence-corrected chi connectivity index (χ3v) is 3.43. The maximum atomic E-state index is 13.2. The van der Waals surface area contributed by atoms with Gasteiger partial charge in [0, 0.05) is 10.2 Å². The van der Waals surface area contributed by atoms with Crippen LogP contribution in [0.3, 0.4) is 0 Å². The molecule has 0 fully saturated rings. The molecule has 0 bridgehead atoms. The SMILES string of the molecule is Cc1ccc(F)cc1NC(=O)c1cc(N)c(F)cc1Br. The van der Waals surface area contributed by atoms with Gasteiger partial charge in [0.1, 0.15) is 11.6 Å². The number of benzene rings is 2. The molecule has 0 saturated carbocycles. The van der Waals surface area contributed by atoms with Crippen molar-refractivity contribution in [1.29, 1.82) is 0 Å². The van der Waals surface area contributed by atoms with Crippen LogP contribution < -0.4 is 11.1 Å². The average molecular weight is 341 g/mol. The second-order valence-electron chi connectivity index (χ2n) is 4.27. The van der Waals surface area contributed by atoms with E-state index in [2.05, 4.69) is 21.2 Å². The molecular formula is C14H11BrF2N2O. The van der Waals surface area contributed by atoms with Gasteiger partial charge in [0.25, 0.3) is 5.91 Å². The summed E-state index contributed by atoms with van der Waals surface area (Å²) in [4.78, 5) is 12.1. The van der Waals surface area contributed by atoms with E-state index in [9.17, 15) is 13.6 Å². The Kier molecular flexibility index (Phi) is 4.04. The highest BCUT2D eigenvalue weighted by atomic mass is 79.9. The van der Waals surface area contributed by atoms with Crippen molar-refractivity contribution in [3.63, 3.8) is 0 Å². The standard InChI is InChI=1S/C14H11BrF2N2O/c1-7-2-3-8(16)4-13(7)19-14(20)9-5-12(18)11(17)6-10(9)15/h2-6H,18H2,1H3,(H,19,20). The second-order valence-corrected chi connectivity index (χ2v) is 5.12. The molecule has 0 atom stereocenters. The minimum Gasteiger partial charge on any atom is -0.396 e. The number of nitrogens with one attached hydrogen (secondary N) is 1. The predicted octanol–water partition coefficient (Wildman–Crippen LogP) is 3.87. The van der Waals surface area contributed by atoms with Gasteiger partial charge in [0.2, 0.25) is 0 Å². The third-order valence-electron chi connectivity index (χ3n) is 2.78. The van der Waals surface area contributed by atoms with E-state index in [1.807, 2.05) is 0 Å². The number of carbonyl (C=O) groups excluding carboxylic acids is 1. The molecule has 0 aromatic heterocycles. The lowest BCUT2D eigenvalue weighted by atomic mass is 10.1. The maximum absolute atomic E-state index is 13.2. The number of rotatable bonds is 2. The van der Waals surface area contributed by atoms with Gasteiger partial charge < -0.3 is 11.1 Å². The Morgan fingerprint density at radius 1 is 1.25 bits per heavy atom. The fourth-order valence-corrected chi connectivity index (χ4v) is 2.15. The summed E-state index contributed by atoms with van der Waals surface area (Å²) in [6, 6.07) is 6.41. The van der Waals surface area contributed by atoms with Crippen LogP contribution in [0.2, 0.25) is 0 Å². The monoisotopic (exact) mass is 340 g/mol. The van der Waals surface area contributed by atoms with Gasteiger partial charge >= 0.3 is 0 Å². The van der Waals surface area contributed by atoms with Crippen molar-refractivity contribution in [3.05, 3.63) is 57.6 Å². The van der Waals surface area contributed by atoms with E-state index < -0.39 is 17.5 Å². The number of hydrogen-bond acceptors (Lipinski definition) is 2. The van der Waals surface area contributed by atoms with Crippen LogP contribution in [0.5, 0.6) is 0 Å². The van der Waals surface area contributed by atoms with Gasteiger partial charge in [-0.3, -0.25) is 4.79 Å². The molecule has 1 amide bonds. The van der Waals surface area contributed by atoms with Crippen molar-refractivity contribution in [1.82, 2.24) is 0 Å². The molecule has 104 valence electrons. The number of amides is 1. The molecule has 0 saturated heterocycles. The molecule has 0 unspecified atom stereocenters. The first kappa shape index (κ1) is 14.5. The van der Waals surface area contributed by atoms with Gasteiger partial charge in [-0.15, -0.1) is 0 Å². The summed E-state index contributed by atoms with van der Waals surface area (Å²) in [5, 5.41) is 2.57. The number of aryl methyl sites for hydroxylation is 1. The molecule has 0 aliphatic carbocycles. The Labute approximate surface area is 122 Å². The zero-order valence-corrected chi connectivity index (χ0v) is 12.1. The van der Waals surface area contributed by atoms with Crippen molar-refractivity contribution in [3.8, 4) is 0 Å². The molecule has 3 N–H and O–H groups in total. The molecule has 2 aromatic carbocycles. The highest BCUT2D eigenvalue weighted by molar-refractivity contribution is 9.10. The van der Waals surface area contributed by atoms with Gasteiger partial charge in [-0.25, -0.2) is 8.78 Å². The summed E-state index contributed by atoms with van der Waals surface area (Å²) in [7, 11) is 0. The molecule has 0 heterocycles. The number of anilines is 2. The average Bonchev–Trinajstić information content (AvgIpc) is 2.38. The minimum absolute atomic E-state index is 0.130. The number of carbonyl (C=O) groups is 1. The van der Waals surface area contributed by atoms with Gasteiger partial charge in [-0.2, -0.15) is 0 Å². The summed E-state index contributed by atoms with van der Waals surface area (Å²) in [5.74, 6) is -1.57. The third kappa shape index (κ3) is 2.96. The van der Waals surface area contributed by atoms with Crippen molar-refractivity contribution in [2.75, 3.05) is 11.1 Å². The molecule has 0 radical (unpaired) electrons. The Morgan fingerprint density at radius 3 is 2.65 bits per heavy atom. The van der Waals surface area contributed by atoms with Gasteiger partial charge in [0.15, 0.2) is 0 Å². The summed E-state index contributed by atoms with van der Waals surface area (Å²) >= 11 is 3.10. The smallest absolute Gasteiger partial charge is 0.256 e. The molecule has 0 spiro atoms. The minimum atomic E-state index is -0.615. The lowest BCUT2D eigenvalue weighted by Crippen LogP contribution is -2.14. The highest BCUT2D eigenvalue weighted by Crippen LogP contribution is 2.24. The van der Waals surface area contributed by atoms with E-state index in [0.717, 1.165) is 6.07 Å². The predicted molar refractivity (Wildman–Crippen MR) is 77.6 cm³/mol. The lowest BCUT2D eigenvalue weighted by molar-refractivity contribution is 0.102. The van der Waals surface area contributed by atoms with E-state index in [1.54, 1.807) is 13.0 Å². The van der Waals surface area contributed by atoms with Crippen LogP contribution >= 0.6 is 15.9 Å². The zero-order valence-electron chi connectivity index (χ0n) is 10.5. The number of halogens is 3. The molecule has 20 heavy (non-hydrogen) atoms. The largest absolute Gasteiger partial charge is 0.396 e. The van der Waals surface area contributed by atoms with E-state index in [1.165, 1.54) is 18.2 Å². The van der Waals surface area contributed by atoms with E-state index in [-0.39, 0.29) is 15.7 Å². The van der Waals surface area contributed by atoms with E-state index >= 15 is 0 Å². The molecule has 6 heteroatoms. The number of nitrogen functional groups attached to an aromatic ring is 1. The molecule has 2 aromatic rings. The topological polar surface area (TPSA) is 55.1 Å². The van der Waals surface area contributed by atoms with Gasteiger partial charge in [0.05, 0.1) is 11.3 Å². The lowest BCUT2D eigenvalue weighted by Gasteiger charge is -2.10. The second kappa shape index (κ2) is 5.58. The quantitative estimate of drug-likeness (QED) is 0.815. The van der Waals surface area contributed by atoms with Crippen LogP contribution in [0.4, 0.5) is 20.2 Å².